The number of carbonyl (C=O) groups is 1. The Morgan fingerprint density at radius 2 is 1.88 bits per heavy atom. The Morgan fingerprint density at radius 3 is 2.52 bits per heavy atom. The Balaban J connectivity index is 1.76. The highest BCUT2D eigenvalue weighted by Crippen LogP contribution is 2.33. The molecule has 0 saturated heterocycles. The van der Waals surface area contributed by atoms with Gasteiger partial charge >= 0.3 is 0 Å². The van der Waals surface area contributed by atoms with Crippen molar-refractivity contribution >= 4 is 39.3 Å². The van der Waals surface area contributed by atoms with E-state index in [1.165, 1.54) is 18.2 Å². The van der Waals surface area contributed by atoms with E-state index in [0.717, 1.165) is 16.0 Å². The highest BCUT2D eigenvalue weighted by atomic mass is 32.1. The number of thiophene rings is 1. The van der Waals surface area contributed by atoms with Gasteiger partial charge in [0.1, 0.15) is 22.7 Å². The summed E-state index contributed by atoms with van der Waals surface area (Å²) in [6.45, 7) is 9.05. The smallest absolute Gasteiger partial charge is 0.297 e. The number of furan rings is 1. The summed E-state index contributed by atoms with van der Waals surface area (Å²) in [5, 5.41) is 2.46. The first-order valence-electron chi connectivity index (χ1n) is 13.4. The van der Waals surface area contributed by atoms with Crippen LogP contribution in [0.1, 0.15) is 58.5 Å². The van der Waals surface area contributed by atoms with Crippen LogP contribution in [0.2, 0.25) is 0 Å². The van der Waals surface area contributed by atoms with Crippen molar-refractivity contribution in [2.75, 3.05) is 13.1 Å². The summed E-state index contributed by atoms with van der Waals surface area (Å²) in [7, 11) is 0. The number of aromatic nitrogens is 2. The first-order valence-corrected chi connectivity index (χ1v) is 14.3. The lowest BCUT2D eigenvalue weighted by atomic mass is 9.99. The summed E-state index contributed by atoms with van der Waals surface area (Å²) in [6, 6.07) is 13.1. The second-order valence-electron chi connectivity index (χ2n) is 10.6. The zero-order chi connectivity index (χ0) is 28.6. The molecule has 0 spiro atoms. The van der Waals surface area contributed by atoms with Gasteiger partial charge in [-0.3, -0.25) is 14.2 Å². The van der Waals surface area contributed by atoms with Gasteiger partial charge in [-0.15, -0.1) is 11.3 Å². The van der Waals surface area contributed by atoms with E-state index in [4.69, 9.17) is 15.1 Å². The molecule has 0 saturated carbocycles. The molecule has 7 nitrogen and oxygen atoms in total. The SMILES string of the molecule is Cc1ccc(C(=O)N(CCCN)C(c2nc3c(oc4ccc(F)cc43)c(=O)n2Cc2cc(C)cs2)C(C)C)cc1. The highest BCUT2D eigenvalue weighted by Gasteiger charge is 2.33. The lowest BCUT2D eigenvalue weighted by molar-refractivity contribution is 0.0602. The molecule has 5 rings (SSSR count). The number of fused-ring (bicyclic) bond motifs is 3. The number of nitrogens with zero attached hydrogens (tertiary/aromatic N) is 3. The predicted molar refractivity (Wildman–Crippen MR) is 157 cm³/mol. The molecule has 2 aromatic carbocycles. The number of hydrogen-bond donors (Lipinski definition) is 1. The summed E-state index contributed by atoms with van der Waals surface area (Å²) in [6.07, 6.45) is 0.581. The molecule has 1 amide bonds. The third kappa shape index (κ3) is 5.31. The standard InChI is InChI=1S/C31H33FN4O3S/c1-18(2)27(35(13-5-12-33)30(37)21-8-6-19(3)7-9-21)29-34-26-24-15-22(32)10-11-25(24)39-28(26)31(38)36(29)16-23-14-20(4)17-40-23/h6-11,14-15,17-18,27H,5,12-13,16,33H2,1-4H3. The second kappa shape index (κ2) is 11.3. The van der Waals surface area contributed by atoms with Crippen LogP contribution < -0.4 is 11.3 Å². The monoisotopic (exact) mass is 560 g/mol. The fourth-order valence-electron chi connectivity index (χ4n) is 5.11. The Bertz CT molecular complexity index is 1740. The van der Waals surface area contributed by atoms with Gasteiger partial charge in [0, 0.05) is 22.4 Å². The van der Waals surface area contributed by atoms with Crippen LogP contribution in [0.4, 0.5) is 4.39 Å². The minimum absolute atomic E-state index is 0.0681. The van der Waals surface area contributed by atoms with Gasteiger partial charge in [-0.2, -0.15) is 0 Å². The van der Waals surface area contributed by atoms with E-state index in [1.54, 1.807) is 20.8 Å². The maximum atomic E-state index is 14.3. The minimum Gasteiger partial charge on any atom is -0.448 e. The maximum Gasteiger partial charge on any atom is 0.297 e. The molecule has 0 aliphatic heterocycles. The van der Waals surface area contributed by atoms with E-state index >= 15 is 0 Å². The molecule has 2 N–H and O–H groups in total. The van der Waals surface area contributed by atoms with Crippen molar-refractivity contribution in [3.05, 3.63) is 97.5 Å². The molecular weight excluding hydrogens is 527 g/mol. The van der Waals surface area contributed by atoms with Gasteiger partial charge in [-0.1, -0.05) is 31.5 Å². The fraction of sp³-hybridized carbons (Fsp3) is 0.323. The van der Waals surface area contributed by atoms with Crippen molar-refractivity contribution in [1.82, 2.24) is 14.5 Å². The van der Waals surface area contributed by atoms with Crippen molar-refractivity contribution < 1.29 is 13.6 Å². The van der Waals surface area contributed by atoms with E-state index in [2.05, 4.69) is 0 Å². The zero-order valence-corrected chi connectivity index (χ0v) is 23.9. The number of halogens is 1. The third-order valence-corrected chi connectivity index (χ3v) is 8.10. The lowest BCUT2D eigenvalue weighted by Crippen LogP contribution is -2.42. The summed E-state index contributed by atoms with van der Waals surface area (Å²) < 4.78 is 21.8. The quantitative estimate of drug-likeness (QED) is 0.232. The maximum absolute atomic E-state index is 14.3. The first-order chi connectivity index (χ1) is 19.2. The van der Waals surface area contributed by atoms with E-state index in [0.29, 0.717) is 47.4 Å². The lowest BCUT2D eigenvalue weighted by Gasteiger charge is -2.35. The minimum atomic E-state index is -0.558. The van der Waals surface area contributed by atoms with Crippen molar-refractivity contribution in [3.8, 4) is 0 Å². The summed E-state index contributed by atoms with van der Waals surface area (Å²) in [5.74, 6) is -0.287. The fourth-order valence-corrected chi connectivity index (χ4v) is 5.97. The van der Waals surface area contributed by atoms with Crippen LogP contribution >= 0.6 is 11.3 Å². The average molecular weight is 561 g/mol. The van der Waals surface area contributed by atoms with Crippen molar-refractivity contribution in [2.45, 2.75) is 46.7 Å². The topological polar surface area (TPSA) is 94.4 Å². The third-order valence-electron chi connectivity index (χ3n) is 7.06. The Hall–Kier alpha value is -3.82. The number of rotatable bonds is 9. The Kier molecular flexibility index (Phi) is 7.87. The van der Waals surface area contributed by atoms with Crippen LogP contribution in [0, 0.1) is 25.6 Å². The molecule has 1 unspecified atom stereocenters. The Labute approximate surface area is 236 Å². The molecule has 0 aliphatic rings. The normalized spacial score (nSPS) is 12.5. The van der Waals surface area contributed by atoms with Crippen LogP contribution in [-0.4, -0.2) is 33.4 Å². The number of nitrogens with two attached hydrogens (primary N) is 1. The van der Waals surface area contributed by atoms with Gasteiger partial charge in [-0.25, -0.2) is 9.37 Å². The molecule has 208 valence electrons. The van der Waals surface area contributed by atoms with Crippen LogP contribution in [0.3, 0.4) is 0 Å². The van der Waals surface area contributed by atoms with Crippen molar-refractivity contribution in [2.24, 2.45) is 11.7 Å². The van der Waals surface area contributed by atoms with Crippen LogP contribution in [0.5, 0.6) is 0 Å². The summed E-state index contributed by atoms with van der Waals surface area (Å²) >= 11 is 1.56. The van der Waals surface area contributed by atoms with E-state index in [-0.39, 0.29) is 29.5 Å². The molecule has 0 radical (unpaired) electrons. The van der Waals surface area contributed by atoms with E-state index in [9.17, 15) is 14.0 Å². The number of carbonyl (C=O) groups excluding carboxylic acids is 1. The second-order valence-corrected chi connectivity index (χ2v) is 11.6. The largest absolute Gasteiger partial charge is 0.448 e. The molecule has 0 aliphatic carbocycles. The van der Waals surface area contributed by atoms with Crippen LogP contribution in [-0.2, 0) is 6.54 Å². The number of amides is 1. The average Bonchev–Trinajstić information content (AvgIpc) is 3.50. The van der Waals surface area contributed by atoms with Crippen molar-refractivity contribution in [3.63, 3.8) is 0 Å². The van der Waals surface area contributed by atoms with Gasteiger partial charge in [0.25, 0.3) is 11.5 Å². The predicted octanol–water partition coefficient (Wildman–Crippen LogP) is 6.20. The van der Waals surface area contributed by atoms with E-state index < -0.39 is 11.9 Å². The Morgan fingerprint density at radius 1 is 1.12 bits per heavy atom. The van der Waals surface area contributed by atoms with Gasteiger partial charge in [0.15, 0.2) is 0 Å². The first kappa shape index (κ1) is 27.7. The molecule has 0 bridgehead atoms. The van der Waals surface area contributed by atoms with Crippen molar-refractivity contribution in [1.29, 1.82) is 0 Å². The van der Waals surface area contributed by atoms with Gasteiger partial charge < -0.3 is 15.1 Å². The van der Waals surface area contributed by atoms with Gasteiger partial charge in [-0.05, 0) is 80.1 Å². The number of hydrogen-bond acceptors (Lipinski definition) is 6. The molecular formula is C31H33FN4O3S. The molecule has 3 heterocycles. The van der Waals surface area contributed by atoms with Gasteiger partial charge in [0.05, 0.1) is 12.6 Å². The molecule has 9 heteroatoms. The molecule has 0 fully saturated rings. The molecule has 3 aromatic heterocycles. The number of benzene rings is 2. The van der Waals surface area contributed by atoms with Crippen LogP contribution in [0.25, 0.3) is 22.1 Å². The highest BCUT2D eigenvalue weighted by molar-refractivity contribution is 7.10. The summed E-state index contributed by atoms with van der Waals surface area (Å²) in [5.41, 5.74) is 8.97. The molecule has 5 aromatic rings. The van der Waals surface area contributed by atoms with Crippen LogP contribution in [0.15, 0.2) is 63.1 Å². The van der Waals surface area contributed by atoms with Gasteiger partial charge in [0.2, 0.25) is 5.58 Å². The zero-order valence-electron chi connectivity index (χ0n) is 23.1. The number of aryl methyl sites for hydroxylation is 2. The molecule has 40 heavy (non-hydrogen) atoms. The molecule has 1 atom stereocenters. The van der Waals surface area contributed by atoms with E-state index in [1.807, 2.05) is 63.4 Å². The summed E-state index contributed by atoms with van der Waals surface area (Å²) in [4.78, 5) is 35.8.